The zero-order valence-corrected chi connectivity index (χ0v) is 16.6. The number of aromatic nitrogens is 3. The molecule has 0 saturated heterocycles. The zero-order chi connectivity index (χ0) is 21.6. The highest BCUT2D eigenvalue weighted by molar-refractivity contribution is 6.01. The average molecular weight is 413 g/mol. The van der Waals surface area contributed by atoms with Crippen molar-refractivity contribution in [1.82, 2.24) is 15.2 Å². The van der Waals surface area contributed by atoms with Crippen LogP contribution < -0.4 is 10.6 Å². The molecule has 4 aromatic rings. The Kier molecular flexibility index (Phi) is 5.70. The number of carbonyl (C=O) groups is 2. The topological polar surface area (TPSA) is 109 Å². The Balaban J connectivity index is 1.51. The van der Waals surface area contributed by atoms with Crippen molar-refractivity contribution in [2.24, 2.45) is 0 Å². The standard InChI is InChI=1S/C23H19N5O3/c1-31-22(29)17-5-3-7-19(13-17)27-23(30)26-18-6-2-4-16(12-18)21-20(14-25-28-21)15-8-10-24-11-9-15/h2-14H,1H3,(H,25,28)(H2,26,27,30). The van der Waals surface area contributed by atoms with Crippen LogP contribution in [0.4, 0.5) is 16.2 Å². The predicted molar refractivity (Wildman–Crippen MR) is 118 cm³/mol. The monoisotopic (exact) mass is 413 g/mol. The zero-order valence-electron chi connectivity index (χ0n) is 16.6. The van der Waals surface area contributed by atoms with E-state index in [0.29, 0.717) is 16.9 Å². The average Bonchev–Trinajstić information content (AvgIpc) is 3.29. The van der Waals surface area contributed by atoms with Gasteiger partial charge in [-0.15, -0.1) is 0 Å². The van der Waals surface area contributed by atoms with E-state index < -0.39 is 12.0 Å². The smallest absolute Gasteiger partial charge is 0.337 e. The summed E-state index contributed by atoms with van der Waals surface area (Å²) in [7, 11) is 1.31. The van der Waals surface area contributed by atoms with E-state index >= 15 is 0 Å². The molecule has 3 N–H and O–H groups in total. The lowest BCUT2D eigenvalue weighted by atomic mass is 10.0. The summed E-state index contributed by atoms with van der Waals surface area (Å²) in [5, 5.41) is 12.7. The minimum absolute atomic E-state index is 0.352. The molecule has 2 amide bonds. The molecule has 0 aliphatic heterocycles. The summed E-state index contributed by atoms with van der Waals surface area (Å²) in [6.07, 6.45) is 5.21. The number of aromatic amines is 1. The molecule has 0 fully saturated rings. The van der Waals surface area contributed by atoms with Crippen molar-refractivity contribution in [3.8, 4) is 22.4 Å². The number of amides is 2. The number of urea groups is 1. The highest BCUT2D eigenvalue weighted by Gasteiger charge is 2.12. The van der Waals surface area contributed by atoms with Crippen LogP contribution in [0.15, 0.2) is 79.3 Å². The largest absolute Gasteiger partial charge is 0.465 e. The number of carbonyl (C=O) groups excluding carboxylic acids is 2. The van der Waals surface area contributed by atoms with Crippen LogP contribution in [0.2, 0.25) is 0 Å². The van der Waals surface area contributed by atoms with Crippen molar-refractivity contribution >= 4 is 23.4 Å². The van der Waals surface area contributed by atoms with Crippen molar-refractivity contribution in [2.75, 3.05) is 17.7 Å². The number of methoxy groups -OCH3 is 1. The summed E-state index contributed by atoms with van der Waals surface area (Å²) in [5.74, 6) is -0.471. The Bertz CT molecular complexity index is 1220. The number of ether oxygens (including phenoxy) is 1. The van der Waals surface area contributed by atoms with Gasteiger partial charge in [0.2, 0.25) is 0 Å². The number of anilines is 2. The van der Waals surface area contributed by atoms with Crippen LogP contribution >= 0.6 is 0 Å². The highest BCUT2D eigenvalue weighted by atomic mass is 16.5. The van der Waals surface area contributed by atoms with Crippen LogP contribution in [-0.2, 0) is 4.74 Å². The molecule has 0 saturated carbocycles. The summed E-state index contributed by atoms with van der Waals surface area (Å²) in [4.78, 5) is 28.2. The molecular formula is C23H19N5O3. The predicted octanol–water partition coefficient (Wildman–Crippen LogP) is 4.57. The van der Waals surface area contributed by atoms with Gasteiger partial charge in [-0.25, -0.2) is 9.59 Å². The van der Waals surface area contributed by atoms with Gasteiger partial charge >= 0.3 is 12.0 Å². The number of nitrogens with one attached hydrogen (secondary N) is 3. The van der Waals surface area contributed by atoms with Crippen LogP contribution in [0.1, 0.15) is 10.4 Å². The molecule has 2 aromatic heterocycles. The van der Waals surface area contributed by atoms with Gasteiger partial charge < -0.3 is 15.4 Å². The minimum Gasteiger partial charge on any atom is -0.465 e. The summed E-state index contributed by atoms with van der Waals surface area (Å²) in [6, 6.07) is 17.3. The summed E-state index contributed by atoms with van der Waals surface area (Å²) >= 11 is 0. The van der Waals surface area contributed by atoms with Crippen LogP contribution in [0.5, 0.6) is 0 Å². The molecule has 154 valence electrons. The fourth-order valence-electron chi connectivity index (χ4n) is 3.14. The van der Waals surface area contributed by atoms with Gasteiger partial charge in [-0.1, -0.05) is 18.2 Å². The number of pyridine rings is 1. The third-order valence-corrected chi connectivity index (χ3v) is 4.58. The van der Waals surface area contributed by atoms with E-state index in [4.69, 9.17) is 4.74 Å². The van der Waals surface area contributed by atoms with E-state index in [-0.39, 0.29) is 0 Å². The summed E-state index contributed by atoms with van der Waals surface area (Å²) in [5.41, 5.74) is 5.06. The molecule has 2 heterocycles. The Morgan fingerprint density at radius 1 is 0.903 bits per heavy atom. The van der Waals surface area contributed by atoms with Crippen molar-refractivity contribution in [1.29, 1.82) is 0 Å². The van der Waals surface area contributed by atoms with Crippen LogP contribution in [0.3, 0.4) is 0 Å². The maximum Gasteiger partial charge on any atom is 0.337 e. The SMILES string of the molecule is COC(=O)c1cccc(NC(=O)Nc2cccc(-c3[nH]ncc3-c3ccncc3)c2)c1. The molecule has 8 heteroatoms. The molecule has 0 unspecified atom stereocenters. The van der Waals surface area contributed by atoms with E-state index in [2.05, 4.69) is 25.8 Å². The van der Waals surface area contributed by atoms with Gasteiger partial charge in [0.1, 0.15) is 0 Å². The molecule has 4 rings (SSSR count). The maximum absolute atomic E-state index is 12.5. The third-order valence-electron chi connectivity index (χ3n) is 4.58. The van der Waals surface area contributed by atoms with Gasteiger partial charge in [0.25, 0.3) is 0 Å². The first kappa shape index (κ1) is 19.8. The molecular weight excluding hydrogens is 394 g/mol. The maximum atomic E-state index is 12.5. The second-order valence-electron chi connectivity index (χ2n) is 6.63. The number of hydrogen-bond donors (Lipinski definition) is 3. The first-order valence-electron chi connectivity index (χ1n) is 9.44. The lowest BCUT2D eigenvalue weighted by molar-refractivity contribution is 0.0600. The normalized spacial score (nSPS) is 10.4. The Labute approximate surface area is 178 Å². The number of esters is 1. The first-order valence-corrected chi connectivity index (χ1v) is 9.44. The van der Waals surface area contributed by atoms with Crippen LogP contribution in [0, 0.1) is 0 Å². The summed E-state index contributed by atoms with van der Waals surface area (Å²) < 4.78 is 4.70. The fourth-order valence-corrected chi connectivity index (χ4v) is 3.14. The van der Waals surface area contributed by atoms with Crippen molar-refractivity contribution < 1.29 is 14.3 Å². The van der Waals surface area contributed by atoms with Crippen molar-refractivity contribution in [3.63, 3.8) is 0 Å². The van der Waals surface area contributed by atoms with Gasteiger partial charge in [0.05, 0.1) is 24.6 Å². The molecule has 31 heavy (non-hydrogen) atoms. The molecule has 0 atom stereocenters. The second kappa shape index (κ2) is 8.91. The van der Waals surface area contributed by atoms with E-state index in [9.17, 15) is 9.59 Å². The van der Waals surface area contributed by atoms with E-state index in [0.717, 1.165) is 22.4 Å². The van der Waals surface area contributed by atoms with Crippen molar-refractivity contribution in [3.05, 3.63) is 84.8 Å². The Morgan fingerprint density at radius 2 is 1.61 bits per heavy atom. The fraction of sp³-hybridized carbons (Fsp3) is 0.0435. The Hall–Kier alpha value is -4.46. The Morgan fingerprint density at radius 3 is 2.35 bits per heavy atom. The summed E-state index contributed by atoms with van der Waals surface area (Å²) in [6.45, 7) is 0. The molecule has 0 bridgehead atoms. The van der Waals surface area contributed by atoms with Gasteiger partial charge in [0, 0.05) is 34.9 Å². The van der Waals surface area contributed by atoms with Crippen molar-refractivity contribution in [2.45, 2.75) is 0 Å². The molecule has 8 nitrogen and oxygen atoms in total. The molecule has 0 spiro atoms. The van der Waals surface area contributed by atoms with Crippen LogP contribution in [-0.4, -0.2) is 34.3 Å². The van der Waals surface area contributed by atoms with E-state index in [1.165, 1.54) is 7.11 Å². The van der Waals surface area contributed by atoms with Gasteiger partial charge in [-0.2, -0.15) is 5.10 Å². The van der Waals surface area contributed by atoms with Gasteiger partial charge in [-0.3, -0.25) is 10.1 Å². The highest BCUT2D eigenvalue weighted by Crippen LogP contribution is 2.31. The van der Waals surface area contributed by atoms with E-state index in [1.807, 2.05) is 30.3 Å². The molecule has 0 aliphatic rings. The molecule has 2 aromatic carbocycles. The third kappa shape index (κ3) is 4.59. The number of benzene rings is 2. The van der Waals surface area contributed by atoms with Gasteiger partial charge in [0.15, 0.2) is 0 Å². The number of hydrogen-bond acceptors (Lipinski definition) is 5. The first-order chi connectivity index (χ1) is 15.1. The second-order valence-corrected chi connectivity index (χ2v) is 6.63. The van der Waals surface area contributed by atoms with Gasteiger partial charge in [-0.05, 0) is 48.0 Å². The van der Waals surface area contributed by atoms with Crippen LogP contribution in [0.25, 0.3) is 22.4 Å². The molecule has 0 aliphatic carbocycles. The number of nitrogens with zero attached hydrogens (tertiary/aromatic N) is 2. The lowest BCUT2D eigenvalue weighted by Crippen LogP contribution is -2.19. The lowest BCUT2D eigenvalue weighted by Gasteiger charge is -2.10. The number of H-pyrrole nitrogens is 1. The molecule has 0 radical (unpaired) electrons. The quantitative estimate of drug-likeness (QED) is 0.415. The van der Waals surface area contributed by atoms with E-state index in [1.54, 1.807) is 48.9 Å². The number of rotatable bonds is 5. The minimum atomic E-state index is -0.471.